The van der Waals surface area contributed by atoms with Crippen LogP contribution in [0.2, 0.25) is 0 Å². The monoisotopic (exact) mass is 248 g/mol. The molecule has 0 atom stereocenters. The first-order valence-electron chi connectivity index (χ1n) is 6.04. The molecule has 1 aliphatic heterocycles. The molecule has 0 amide bonds. The Bertz CT molecular complexity index is 438. The van der Waals surface area contributed by atoms with Gasteiger partial charge in [-0.3, -0.25) is 4.68 Å². The lowest BCUT2D eigenvalue weighted by Gasteiger charge is -2.12. The molecule has 0 saturated heterocycles. The van der Waals surface area contributed by atoms with Crippen molar-refractivity contribution in [1.29, 1.82) is 0 Å². The fourth-order valence-electron chi connectivity index (χ4n) is 2.08. The van der Waals surface area contributed by atoms with E-state index in [1.54, 1.807) is 0 Å². The third-order valence-electron chi connectivity index (χ3n) is 3.04. The summed E-state index contributed by atoms with van der Waals surface area (Å²) in [5.41, 5.74) is 2.72. The number of thioether (sulfide) groups is 1. The molecule has 0 saturated carbocycles. The van der Waals surface area contributed by atoms with Gasteiger partial charge in [0.05, 0.1) is 25.5 Å². The zero-order valence-electron chi connectivity index (χ0n) is 9.76. The lowest BCUT2D eigenvalue weighted by Crippen LogP contribution is -2.16. The molecule has 1 aliphatic carbocycles. The summed E-state index contributed by atoms with van der Waals surface area (Å²) in [6.45, 7) is 2.38. The summed E-state index contributed by atoms with van der Waals surface area (Å²) < 4.78 is 7.48. The molecular weight excluding hydrogens is 232 g/mol. The molecule has 1 aromatic heterocycles. The van der Waals surface area contributed by atoms with Crippen molar-refractivity contribution in [1.82, 2.24) is 9.78 Å². The number of allylic oxidation sites excluding steroid dienone is 3. The molecule has 0 fully saturated rings. The molecule has 4 heteroatoms. The fraction of sp³-hybridized carbons (Fsp3) is 0.462. The topological polar surface area (TPSA) is 27.1 Å². The van der Waals surface area contributed by atoms with Crippen LogP contribution in [0.3, 0.4) is 0 Å². The molecular formula is C13H16N2OS. The number of rotatable bonds is 3. The quantitative estimate of drug-likeness (QED) is 0.770. The zero-order valence-corrected chi connectivity index (χ0v) is 10.6. The highest BCUT2D eigenvalue weighted by Gasteiger charge is 2.12. The standard InChI is InChI=1S/C13H16N2OS/c1-2-4-11(5-3-1)10-17-13-8-12-9-16-7-6-15(12)14-13/h1-2,4,8H,3,5-7,9-10H2. The predicted octanol–water partition coefficient (Wildman–Crippen LogP) is 2.78. The number of hydrogen-bond acceptors (Lipinski definition) is 3. The van der Waals surface area contributed by atoms with Crippen LogP contribution in [0.5, 0.6) is 0 Å². The van der Waals surface area contributed by atoms with Crippen LogP contribution in [0.25, 0.3) is 0 Å². The Hall–Kier alpha value is -1.00. The number of hydrogen-bond donors (Lipinski definition) is 0. The molecule has 2 aliphatic rings. The van der Waals surface area contributed by atoms with E-state index in [0.717, 1.165) is 23.9 Å². The SMILES string of the molecule is C1=CCCC(CSc2cc3n(n2)CCOC3)=C1. The minimum Gasteiger partial charge on any atom is -0.373 e. The molecule has 90 valence electrons. The molecule has 0 unspecified atom stereocenters. The third-order valence-corrected chi connectivity index (χ3v) is 4.05. The van der Waals surface area contributed by atoms with Crippen molar-refractivity contribution in [2.24, 2.45) is 0 Å². The number of ether oxygens (including phenoxy) is 1. The molecule has 0 aromatic carbocycles. The average Bonchev–Trinajstić information content (AvgIpc) is 2.80. The van der Waals surface area contributed by atoms with E-state index in [1.807, 2.05) is 11.8 Å². The van der Waals surface area contributed by atoms with Crippen LogP contribution in [0.15, 0.2) is 34.9 Å². The Balaban J connectivity index is 1.63. The summed E-state index contributed by atoms with van der Waals surface area (Å²) >= 11 is 1.83. The largest absolute Gasteiger partial charge is 0.373 e. The highest BCUT2D eigenvalue weighted by atomic mass is 32.2. The first-order valence-corrected chi connectivity index (χ1v) is 7.02. The van der Waals surface area contributed by atoms with Gasteiger partial charge < -0.3 is 4.74 Å². The van der Waals surface area contributed by atoms with Gasteiger partial charge in [0.1, 0.15) is 5.03 Å². The Morgan fingerprint density at radius 1 is 1.47 bits per heavy atom. The molecule has 0 spiro atoms. The summed E-state index contributed by atoms with van der Waals surface area (Å²) in [5, 5.41) is 5.72. The van der Waals surface area contributed by atoms with E-state index in [1.165, 1.54) is 24.1 Å². The Morgan fingerprint density at radius 3 is 3.29 bits per heavy atom. The minimum atomic E-state index is 0.707. The maximum absolute atomic E-state index is 5.41. The maximum atomic E-state index is 5.41. The summed E-state index contributed by atoms with van der Waals surface area (Å²) in [5.74, 6) is 1.06. The summed E-state index contributed by atoms with van der Waals surface area (Å²) in [6.07, 6.45) is 8.99. The highest BCUT2D eigenvalue weighted by Crippen LogP contribution is 2.24. The molecule has 3 nitrogen and oxygen atoms in total. The van der Waals surface area contributed by atoms with Crippen molar-refractivity contribution < 1.29 is 4.74 Å². The van der Waals surface area contributed by atoms with Crippen molar-refractivity contribution in [3.63, 3.8) is 0 Å². The summed E-state index contributed by atoms with van der Waals surface area (Å²) in [7, 11) is 0. The van der Waals surface area contributed by atoms with Crippen LogP contribution in [-0.4, -0.2) is 22.1 Å². The van der Waals surface area contributed by atoms with Crippen LogP contribution in [0.4, 0.5) is 0 Å². The van der Waals surface area contributed by atoms with E-state index < -0.39 is 0 Å². The molecule has 2 heterocycles. The minimum absolute atomic E-state index is 0.707. The van der Waals surface area contributed by atoms with Crippen LogP contribution >= 0.6 is 11.8 Å². The second-order valence-corrected chi connectivity index (χ2v) is 5.33. The van der Waals surface area contributed by atoms with E-state index >= 15 is 0 Å². The van der Waals surface area contributed by atoms with Crippen molar-refractivity contribution in [2.75, 3.05) is 12.4 Å². The van der Waals surface area contributed by atoms with Gasteiger partial charge in [-0.25, -0.2) is 0 Å². The first kappa shape index (κ1) is 11.1. The highest BCUT2D eigenvalue weighted by molar-refractivity contribution is 7.99. The average molecular weight is 248 g/mol. The van der Waals surface area contributed by atoms with Crippen molar-refractivity contribution >= 4 is 11.8 Å². The van der Waals surface area contributed by atoms with E-state index in [2.05, 4.69) is 34.1 Å². The van der Waals surface area contributed by atoms with Gasteiger partial charge in [-0.1, -0.05) is 23.8 Å². The van der Waals surface area contributed by atoms with E-state index in [-0.39, 0.29) is 0 Å². The lowest BCUT2D eigenvalue weighted by molar-refractivity contribution is 0.0799. The molecule has 17 heavy (non-hydrogen) atoms. The Labute approximate surface area is 106 Å². The fourth-order valence-corrected chi connectivity index (χ4v) is 3.03. The van der Waals surface area contributed by atoms with Gasteiger partial charge in [-0.05, 0) is 18.9 Å². The summed E-state index contributed by atoms with van der Waals surface area (Å²) in [6, 6.07) is 2.16. The smallest absolute Gasteiger partial charge is 0.119 e. The van der Waals surface area contributed by atoms with Gasteiger partial charge in [0, 0.05) is 5.75 Å². The predicted molar refractivity (Wildman–Crippen MR) is 69.1 cm³/mol. The Morgan fingerprint density at radius 2 is 2.47 bits per heavy atom. The van der Waals surface area contributed by atoms with Crippen LogP contribution < -0.4 is 0 Å². The molecule has 1 aromatic rings. The van der Waals surface area contributed by atoms with Gasteiger partial charge >= 0.3 is 0 Å². The number of nitrogens with zero attached hydrogens (tertiary/aromatic N) is 2. The van der Waals surface area contributed by atoms with Crippen molar-refractivity contribution in [3.05, 3.63) is 35.6 Å². The normalized spacial score (nSPS) is 18.9. The van der Waals surface area contributed by atoms with Gasteiger partial charge in [-0.15, -0.1) is 11.8 Å². The second kappa shape index (κ2) is 5.10. The van der Waals surface area contributed by atoms with Gasteiger partial charge in [0.15, 0.2) is 0 Å². The van der Waals surface area contributed by atoms with Crippen LogP contribution in [0, 0.1) is 0 Å². The molecule has 0 bridgehead atoms. The van der Waals surface area contributed by atoms with E-state index in [9.17, 15) is 0 Å². The lowest BCUT2D eigenvalue weighted by atomic mass is 10.1. The number of aromatic nitrogens is 2. The van der Waals surface area contributed by atoms with E-state index in [4.69, 9.17) is 4.74 Å². The molecule has 3 rings (SSSR count). The molecule has 0 N–H and O–H groups in total. The third kappa shape index (κ3) is 2.64. The van der Waals surface area contributed by atoms with Crippen LogP contribution in [0.1, 0.15) is 18.5 Å². The first-order chi connectivity index (χ1) is 8.42. The molecule has 0 radical (unpaired) electrons. The zero-order chi connectivity index (χ0) is 11.5. The maximum Gasteiger partial charge on any atom is 0.119 e. The van der Waals surface area contributed by atoms with Crippen molar-refractivity contribution in [2.45, 2.75) is 31.0 Å². The van der Waals surface area contributed by atoms with Gasteiger partial charge in [-0.2, -0.15) is 5.10 Å². The second-order valence-electron chi connectivity index (χ2n) is 4.33. The van der Waals surface area contributed by atoms with Gasteiger partial charge in [0.25, 0.3) is 0 Å². The van der Waals surface area contributed by atoms with Crippen molar-refractivity contribution in [3.8, 4) is 0 Å². The van der Waals surface area contributed by atoms with Gasteiger partial charge in [0.2, 0.25) is 0 Å². The van der Waals surface area contributed by atoms with Crippen LogP contribution in [-0.2, 0) is 17.9 Å². The summed E-state index contributed by atoms with van der Waals surface area (Å²) in [4.78, 5) is 0. The Kier molecular flexibility index (Phi) is 3.34. The van der Waals surface area contributed by atoms with E-state index in [0.29, 0.717) is 6.61 Å². The number of fused-ring (bicyclic) bond motifs is 1.